The van der Waals surface area contributed by atoms with E-state index in [-0.39, 0.29) is 27.1 Å². The van der Waals surface area contributed by atoms with Crippen LogP contribution in [0.3, 0.4) is 0 Å². The molecule has 0 radical (unpaired) electrons. The molecule has 2 aliphatic heterocycles. The van der Waals surface area contributed by atoms with Crippen molar-refractivity contribution < 1.29 is 9.90 Å². The van der Waals surface area contributed by atoms with Gasteiger partial charge in [-0.25, -0.2) is 0 Å². The Morgan fingerprint density at radius 3 is 2.54 bits per heavy atom. The highest BCUT2D eigenvalue weighted by molar-refractivity contribution is 8.93. The van der Waals surface area contributed by atoms with E-state index in [1.807, 2.05) is 23.5 Å². The molecule has 2 aliphatic rings. The largest absolute Gasteiger partial charge is 0.480 e. The molecule has 0 aromatic carbocycles. The number of nitrogens with one attached hydrogen (secondary N) is 1. The first kappa shape index (κ1) is 11.7. The highest BCUT2D eigenvalue weighted by atomic mass is 79.9. The lowest BCUT2D eigenvalue weighted by molar-refractivity contribution is -0.139. The maximum Gasteiger partial charge on any atom is 0.320 e. The molecule has 2 heterocycles. The first-order chi connectivity index (χ1) is 5.72. The molecule has 1 spiro atoms. The molecule has 1 atom stereocenters. The molecule has 3 nitrogen and oxygen atoms in total. The Morgan fingerprint density at radius 2 is 2.08 bits per heavy atom. The average Bonchev–Trinajstić information content (AvgIpc) is 2.62. The molecular weight excluding hydrogens is 274 g/mol. The van der Waals surface area contributed by atoms with Gasteiger partial charge in [-0.05, 0) is 6.42 Å². The predicted molar refractivity (Wildman–Crippen MR) is 62.0 cm³/mol. The maximum atomic E-state index is 10.7. The zero-order valence-corrected chi connectivity index (χ0v) is 10.3. The van der Waals surface area contributed by atoms with Crippen molar-refractivity contribution in [1.82, 2.24) is 5.32 Å². The highest BCUT2D eigenvalue weighted by Crippen LogP contribution is 2.48. The summed E-state index contributed by atoms with van der Waals surface area (Å²) in [6, 6.07) is -0.317. The van der Waals surface area contributed by atoms with Gasteiger partial charge in [-0.15, -0.1) is 40.5 Å². The number of carboxylic acid groups (broad SMARTS) is 1. The average molecular weight is 286 g/mol. The van der Waals surface area contributed by atoms with Gasteiger partial charge >= 0.3 is 5.97 Å². The standard InChI is InChI=1S/C7H11NO2S2.BrH/c9-6(10)5-3-7(4-8-5)11-1-2-12-7;/h5,8H,1-4H2,(H,9,10);1H/t5-;/m1./s1. The number of halogens is 1. The summed E-state index contributed by atoms with van der Waals surface area (Å²) in [7, 11) is 0. The van der Waals surface area contributed by atoms with E-state index in [2.05, 4.69) is 5.32 Å². The van der Waals surface area contributed by atoms with Gasteiger partial charge in [0.25, 0.3) is 0 Å². The molecule has 2 rings (SSSR count). The van der Waals surface area contributed by atoms with E-state index in [0.717, 1.165) is 13.0 Å². The molecule has 2 saturated heterocycles. The highest BCUT2D eigenvalue weighted by Gasteiger charge is 2.44. The van der Waals surface area contributed by atoms with Crippen LogP contribution < -0.4 is 5.32 Å². The summed E-state index contributed by atoms with van der Waals surface area (Å²) in [6.07, 6.45) is 0.775. The van der Waals surface area contributed by atoms with E-state index >= 15 is 0 Å². The predicted octanol–water partition coefficient (Wildman–Crippen LogP) is 1.19. The lowest BCUT2D eigenvalue weighted by Gasteiger charge is -2.18. The third-order valence-electron chi connectivity index (χ3n) is 2.24. The third kappa shape index (κ3) is 2.34. The Kier molecular flexibility index (Phi) is 3.97. The zero-order chi connectivity index (χ0) is 8.60. The van der Waals surface area contributed by atoms with Gasteiger partial charge in [-0.3, -0.25) is 4.79 Å². The van der Waals surface area contributed by atoms with Crippen molar-refractivity contribution in [3.05, 3.63) is 0 Å². The van der Waals surface area contributed by atoms with Gasteiger partial charge in [-0.2, -0.15) is 0 Å². The van der Waals surface area contributed by atoms with Gasteiger partial charge in [0.15, 0.2) is 0 Å². The van der Waals surface area contributed by atoms with Gasteiger partial charge in [-0.1, -0.05) is 0 Å². The van der Waals surface area contributed by atoms with Crippen LogP contribution in [0.15, 0.2) is 0 Å². The van der Waals surface area contributed by atoms with Crippen LogP contribution in [0.25, 0.3) is 0 Å². The minimum Gasteiger partial charge on any atom is -0.480 e. The molecule has 2 N–H and O–H groups in total. The third-order valence-corrected chi connectivity index (χ3v) is 5.70. The number of rotatable bonds is 1. The quantitative estimate of drug-likeness (QED) is 0.758. The Morgan fingerprint density at radius 1 is 1.46 bits per heavy atom. The topological polar surface area (TPSA) is 49.3 Å². The number of thioether (sulfide) groups is 2. The van der Waals surface area contributed by atoms with Crippen LogP contribution in [0.5, 0.6) is 0 Å². The molecule has 0 bridgehead atoms. The summed E-state index contributed by atoms with van der Waals surface area (Å²) in [4.78, 5) is 10.7. The van der Waals surface area contributed by atoms with Gasteiger partial charge in [0, 0.05) is 18.1 Å². The molecule has 0 saturated carbocycles. The minimum absolute atomic E-state index is 0. The fourth-order valence-corrected chi connectivity index (χ4v) is 4.81. The zero-order valence-electron chi connectivity index (χ0n) is 6.99. The van der Waals surface area contributed by atoms with E-state index in [1.54, 1.807) is 0 Å². The van der Waals surface area contributed by atoms with Gasteiger partial charge in [0.05, 0.1) is 4.08 Å². The number of hydrogen-bond acceptors (Lipinski definition) is 4. The van der Waals surface area contributed by atoms with E-state index < -0.39 is 5.97 Å². The first-order valence-electron chi connectivity index (χ1n) is 3.96. The fraction of sp³-hybridized carbons (Fsp3) is 0.857. The Hall–Kier alpha value is 0.610. The van der Waals surface area contributed by atoms with Crippen molar-refractivity contribution in [2.75, 3.05) is 18.1 Å². The molecule has 0 unspecified atom stereocenters. The second-order valence-corrected chi connectivity index (χ2v) is 6.30. The Labute approximate surface area is 96.2 Å². The summed E-state index contributed by atoms with van der Waals surface area (Å²) in [6.45, 7) is 0.847. The van der Waals surface area contributed by atoms with Crippen LogP contribution in [-0.4, -0.2) is 39.2 Å². The van der Waals surface area contributed by atoms with E-state index in [0.29, 0.717) is 0 Å². The smallest absolute Gasteiger partial charge is 0.320 e. The van der Waals surface area contributed by atoms with Crippen LogP contribution in [0.1, 0.15) is 6.42 Å². The molecule has 6 heteroatoms. The van der Waals surface area contributed by atoms with E-state index in [1.165, 1.54) is 11.5 Å². The SMILES string of the molecule is Br.O=C(O)[C@H]1CC2(CN1)SCCS2. The molecule has 76 valence electrons. The van der Waals surface area contributed by atoms with E-state index in [9.17, 15) is 4.79 Å². The van der Waals surface area contributed by atoms with Crippen LogP contribution >= 0.6 is 40.5 Å². The Balaban J connectivity index is 0.000000845. The van der Waals surface area contributed by atoms with Crippen molar-refractivity contribution >= 4 is 46.5 Å². The van der Waals surface area contributed by atoms with Crippen LogP contribution in [-0.2, 0) is 4.79 Å². The van der Waals surface area contributed by atoms with Crippen molar-refractivity contribution in [2.45, 2.75) is 16.5 Å². The van der Waals surface area contributed by atoms with Crippen molar-refractivity contribution in [3.63, 3.8) is 0 Å². The second-order valence-electron chi connectivity index (χ2n) is 3.08. The molecule has 0 aliphatic carbocycles. The number of carboxylic acids is 1. The number of aliphatic carboxylic acids is 1. The fourth-order valence-electron chi connectivity index (χ4n) is 1.63. The molecule has 13 heavy (non-hydrogen) atoms. The lowest BCUT2D eigenvalue weighted by atomic mass is 10.2. The molecule has 2 fully saturated rings. The summed E-state index contributed by atoms with van der Waals surface area (Å²) in [5, 5.41) is 11.8. The maximum absolute atomic E-state index is 10.7. The second kappa shape index (κ2) is 4.42. The van der Waals surface area contributed by atoms with Gasteiger partial charge in [0.2, 0.25) is 0 Å². The summed E-state index contributed by atoms with van der Waals surface area (Å²) in [5.41, 5.74) is 0. The van der Waals surface area contributed by atoms with Crippen molar-refractivity contribution in [3.8, 4) is 0 Å². The molecule has 0 aromatic heterocycles. The van der Waals surface area contributed by atoms with E-state index in [4.69, 9.17) is 5.11 Å². The van der Waals surface area contributed by atoms with Crippen molar-refractivity contribution in [2.24, 2.45) is 0 Å². The minimum atomic E-state index is -0.708. The molecule has 0 aromatic rings. The summed E-state index contributed by atoms with van der Waals surface area (Å²) in [5.74, 6) is 1.62. The normalized spacial score (nSPS) is 30.3. The van der Waals surface area contributed by atoms with Crippen LogP contribution in [0.4, 0.5) is 0 Å². The number of hydrogen-bond donors (Lipinski definition) is 2. The summed E-state index contributed by atoms with van der Waals surface area (Å²) >= 11 is 3.82. The molecule has 0 amide bonds. The summed E-state index contributed by atoms with van der Waals surface area (Å²) < 4.78 is 0.184. The number of carbonyl (C=O) groups is 1. The van der Waals surface area contributed by atoms with Crippen LogP contribution in [0, 0.1) is 0 Å². The monoisotopic (exact) mass is 285 g/mol. The van der Waals surface area contributed by atoms with Gasteiger partial charge < -0.3 is 10.4 Å². The van der Waals surface area contributed by atoms with Gasteiger partial charge in [0.1, 0.15) is 6.04 Å². The first-order valence-corrected chi connectivity index (χ1v) is 5.93. The Bertz CT molecular complexity index is 209. The van der Waals surface area contributed by atoms with Crippen molar-refractivity contribution in [1.29, 1.82) is 0 Å². The molecular formula is C7H12BrNO2S2. The lowest BCUT2D eigenvalue weighted by Crippen LogP contribution is -2.30. The van der Waals surface area contributed by atoms with Crippen LogP contribution in [0.2, 0.25) is 0 Å².